The predicted molar refractivity (Wildman–Crippen MR) is 93.2 cm³/mol. The quantitative estimate of drug-likeness (QED) is 0.720. The Morgan fingerprint density at radius 3 is 2.78 bits per heavy atom. The maximum atomic E-state index is 10.9. The Bertz CT molecular complexity index is 698. The van der Waals surface area contributed by atoms with E-state index in [1.165, 1.54) is 6.92 Å². The van der Waals surface area contributed by atoms with Crippen molar-refractivity contribution in [2.24, 2.45) is 7.05 Å². The van der Waals surface area contributed by atoms with Crippen LogP contribution in [0.5, 0.6) is 0 Å². The van der Waals surface area contributed by atoms with Crippen molar-refractivity contribution >= 4 is 29.3 Å². The van der Waals surface area contributed by atoms with Crippen LogP contribution in [0.4, 0.5) is 0 Å². The molecule has 1 aromatic heterocycles. The summed E-state index contributed by atoms with van der Waals surface area (Å²) in [4.78, 5) is 16.7. The Morgan fingerprint density at radius 1 is 1.43 bits per heavy atom. The minimum atomic E-state index is -0.267. The molecule has 0 saturated carbocycles. The van der Waals surface area contributed by atoms with Crippen molar-refractivity contribution in [1.82, 2.24) is 9.55 Å². The molecule has 0 spiro atoms. The molecule has 0 unspecified atom stereocenters. The maximum absolute atomic E-state index is 10.9. The second kappa shape index (κ2) is 7.88. The summed E-state index contributed by atoms with van der Waals surface area (Å²) in [5.74, 6) is 0.960. The van der Waals surface area contributed by atoms with Gasteiger partial charge in [0.1, 0.15) is 10.9 Å². The Kier molecular flexibility index (Phi) is 6.13. The lowest BCUT2D eigenvalue weighted by Gasteiger charge is -2.09. The summed E-state index contributed by atoms with van der Waals surface area (Å²) in [7, 11) is 1.99. The van der Waals surface area contributed by atoms with Crippen molar-refractivity contribution in [3.8, 4) is 0 Å². The van der Waals surface area contributed by atoms with Crippen LogP contribution in [-0.4, -0.2) is 22.1 Å². The number of nitrogens with zero attached hydrogens (tertiary/aromatic N) is 2. The highest BCUT2D eigenvalue weighted by molar-refractivity contribution is 7.99. The number of esters is 1. The first kappa shape index (κ1) is 17.9. The number of benzene rings is 1. The zero-order valence-electron chi connectivity index (χ0n) is 13.8. The summed E-state index contributed by atoms with van der Waals surface area (Å²) >= 11 is 7.72. The van der Waals surface area contributed by atoms with Crippen molar-refractivity contribution in [3.63, 3.8) is 0 Å². The summed E-state index contributed by atoms with van der Waals surface area (Å²) in [5.41, 5.74) is 1.05. The fourth-order valence-corrected chi connectivity index (χ4v) is 3.64. The zero-order valence-corrected chi connectivity index (χ0v) is 15.4. The largest absolute Gasteiger partial charge is 0.465 e. The van der Waals surface area contributed by atoms with E-state index in [2.05, 4.69) is 18.4 Å². The van der Waals surface area contributed by atoms with Crippen LogP contribution in [0.2, 0.25) is 5.02 Å². The number of halogens is 1. The predicted octanol–water partition coefficient (Wildman–Crippen LogP) is 4.45. The van der Waals surface area contributed by atoms with E-state index in [1.54, 1.807) is 11.8 Å². The lowest BCUT2D eigenvalue weighted by atomic mass is 10.1. The minimum Gasteiger partial charge on any atom is -0.465 e. The fraction of sp³-hybridized carbons (Fsp3) is 0.412. The number of hydrogen-bond acceptors (Lipinski definition) is 4. The van der Waals surface area contributed by atoms with E-state index in [0.29, 0.717) is 18.9 Å². The van der Waals surface area contributed by atoms with Gasteiger partial charge in [-0.2, -0.15) is 0 Å². The molecule has 0 aliphatic heterocycles. The van der Waals surface area contributed by atoms with E-state index in [1.807, 2.05) is 31.3 Å². The molecule has 23 heavy (non-hydrogen) atoms. The lowest BCUT2D eigenvalue weighted by molar-refractivity contribution is -0.140. The van der Waals surface area contributed by atoms with Crippen LogP contribution in [0.15, 0.2) is 34.2 Å². The van der Waals surface area contributed by atoms with Crippen molar-refractivity contribution in [2.45, 2.75) is 43.0 Å². The zero-order chi connectivity index (χ0) is 17.0. The number of carbonyl (C=O) groups is 1. The normalized spacial score (nSPS) is 11.0. The first-order valence-corrected chi connectivity index (χ1v) is 8.70. The monoisotopic (exact) mass is 352 g/mol. The van der Waals surface area contributed by atoms with Gasteiger partial charge >= 0.3 is 5.97 Å². The maximum Gasteiger partial charge on any atom is 0.302 e. The smallest absolute Gasteiger partial charge is 0.302 e. The Hall–Kier alpha value is -1.46. The number of hydrogen-bond donors (Lipinski definition) is 0. The fourth-order valence-electron chi connectivity index (χ4n) is 2.20. The van der Waals surface area contributed by atoms with Crippen LogP contribution in [-0.2, 0) is 23.0 Å². The molecule has 0 aliphatic carbocycles. The third kappa shape index (κ3) is 4.75. The van der Waals surface area contributed by atoms with Gasteiger partial charge in [0.15, 0.2) is 0 Å². The summed E-state index contributed by atoms with van der Waals surface area (Å²) in [6.45, 7) is 6.01. The molecule has 0 atom stereocenters. The van der Waals surface area contributed by atoms with Crippen LogP contribution < -0.4 is 0 Å². The molecule has 1 heterocycles. The van der Waals surface area contributed by atoms with Crippen molar-refractivity contribution in [2.75, 3.05) is 6.61 Å². The SMILES string of the molecule is CC(=O)OCCc1nc(C(C)C)c(Sc2cccc(Cl)c2)n1C. The number of aromatic nitrogens is 2. The van der Waals surface area contributed by atoms with Gasteiger partial charge < -0.3 is 9.30 Å². The number of rotatable bonds is 6. The third-order valence-electron chi connectivity index (χ3n) is 3.35. The van der Waals surface area contributed by atoms with Gasteiger partial charge in [-0.25, -0.2) is 4.98 Å². The molecular formula is C17H21ClN2O2S. The summed E-state index contributed by atoms with van der Waals surface area (Å²) < 4.78 is 7.10. The van der Waals surface area contributed by atoms with Gasteiger partial charge in [0.25, 0.3) is 0 Å². The van der Waals surface area contributed by atoms with Gasteiger partial charge in [0.2, 0.25) is 0 Å². The minimum absolute atomic E-state index is 0.267. The van der Waals surface area contributed by atoms with E-state index in [0.717, 1.165) is 26.5 Å². The average molecular weight is 353 g/mol. The lowest BCUT2D eigenvalue weighted by Crippen LogP contribution is -2.07. The van der Waals surface area contributed by atoms with Gasteiger partial charge in [-0.3, -0.25) is 4.79 Å². The van der Waals surface area contributed by atoms with Gasteiger partial charge in [0, 0.05) is 30.3 Å². The molecular weight excluding hydrogens is 332 g/mol. The second-order valence-electron chi connectivity index (χ2n) is 5.58. The highest BCUT2D eigenvalue weighted by atomic mass is 35.5. The highest BCUT2D eigenvalue weighted by Crippen LogP contribution is 2.35. The molecule has 2 aromatic rings. The van der Waals surface area contributed by atoms with Gasteiger partial charge in [0.05, 0.1) is 12.3 Å². The molecule has 124 valence electrons. The van der Waals surface area contributed by atoms with Crippen LogP contribution >= 0.6 is 23.4 Å². The van der Waals surface area contributed by atoms with E-state index >= 15 is 0 Å². The Labute approximate surface area is 146 Å². The molecule has 0 aliphatic rings. The third-order valence-corrected chi connectivity index (χ3v) is 4.75. The Morgan fingerprint density at radius 2 is 2.17 bits per heavy atom. The topological polar surface area (TPSA) is 44.1 Å². The molecule has 0 saturated heterocycles. The van der Waals surface area contributed by atoms with Gasteiger partial charge in [-0.15, -0.1) is 0 Å². The molecule has 0 fully saturated rings. The highest BCUT2D eigenvalue weighted by Gasteiger charge is 2.18. The standard InChI is InChI=1S/C17H21ClN2O2S/c1-11(2)16-17(23-14-7-5-6-13(18)10-14)20(4)15(19-16)8-9-22-12(3)21/h5-7,10-11H,8-9H2,1-4H3. The van der Waals surface area contributed by atoms with Gasteiger partial charge in [-0.05, 0) is 24.1 Å². The van der Waals surface area contributed by atoms with Crippen molar-refractivity contribution in [3.05, 3.63) is 40.8 Å². The van der Waals surface area contributed by atoms with Crippen LogP contribution in [0, 0.1) is 0 Å². The number of carbonyl (C=O) groups excluding carboxylic acids is 1. The van der Waals surface area contributed by atoms with E-state index < -0.39 is 0 Å². The van der Waals surface area contributed by atoms with Crippen LogP contribution in [0.3, 0.4) is 0 Å². The van der Waals surface area contributed by atoms with Gasteiger partial charge in [-0.1, -0.05) is 43.3 Å². The van der Waals surface area contributed by atoms with E-state index in [-0.39, 0.29) is 5.97 Å². The first-order valence-electron chi connectivity index (χ1n) is 7.50. The first-order chi connectivity index (χ1) is 10.9. The van der Waals surface area contributed by atoms with Crippen molar-refractivity contribution < 1.29 is 9.53 Å². The summed E-state index contributed by atoms with van der Waals surface area (Å²) in [6.07, 6.45) is 0.603. The van der Waals surface area contributed by atoms with E-state index in [4.69, 9.17) is 21.3 Å². The van der Waals surface area contributed by atoms with Crippen molar-refractivity contribution in [1.29, 1.82) is 0 Å². The Balaban J connectivity index is 2.26. The molecule has 1 aromatic carbocycles. The summed E-state index contributed by atoms with van der Waals surface area (Å²) in [5, 5.41) is 1.82. The summed E-state index contributed by atoms with van der Waals surface area (Å²) in [6, 6.07) is 7.79. The molecule has 6 heteroatoms. The number of imidazole rings is 1. The molecule has 2 rings (SSSR count). The molecule has 0 N–H and O–H groups in total. The molecule has 0 radical (unpaired) electrons. The molecule has 0 bridgehead atoms. The van der Waals surface area contributed by atoms with Crippen LogP contribution in [0.25, 0.3) is 0 Å². The average Bonchev–Trinajstić information content (AvgIpc) is 2.76. The second-order valence-corrected chi connectivity index (χ2v) is 7.08. The van der Waals surface area contributed by atoms with E-state index in [9.17, 15) is 4.79 Å². The molecule has 0 amide bonds. The van der Waals surface area contributed by atoms with Crippen LogP contribution in [0.1, 0.15) is 38.2 Å². The molecule has 4 nitrogen and oxygen atoms in total. The number of ether oxygens (including phenoxy) is 1.